The summed E-state index contributed by atoms with van der Waals surface area (Å²) in [5.74, 6) is -0.649. The van der Waals surface area contributed by atoms with E-state index in [0.29, 0.717) is 12.8 Å². The zero-order valence-corrected chi connectivity index (χ0v) is 49.3. The molecule has 432 valence electrons. The summed E-state index contributed by atoms with van der Waals surface area (Å²) in [5.41, 5.74) is 0. The summed E-state index contributed by atoms with van der Waals surface area (Å²) in [7, 11) is 0. The van der Waals surface area contributed by atoms with Crippen LogP contribution >= 0.6 is 0 Å². The zero-order valence-electron chi connectivity index (χ0n) is 49.3. The Hall–Kier alpha value is -5.52. The SMILES string of the molecule is CC/C=C\C/C=C\C/C=C\C/C=C\C/C=C\C/C=C\C/C=C\C/C=C\C/C=C\C/C=C\C/C=C\C/C=C\CCCCCCC(=O)OC(CO)COC(=O)CCCCCCCCC/C=C\C/C=C\C/C=C\C/C=C\C/C=C\CC. The highest BCUT2D eigenvalue weighted by molar-refractivity contribution is 5.70. The molecule has 5 heteroatoms. The summed E-state index contributed by atoms with van der Waals surface area (Å²) in [6.45, 7) is 3.87. The van der Waals surface area contributed by atoms with Crippen molar-refractivity contribution < 1.29 is 24.2 Å². The number of aliphatic hydroxyl groups excluding tert-OH is 1. The number of allylic oxidation sites excluding steroid dienone is 34. The first-order chi connectivity index (χ1) is 38.6. The molecule has 0 aliphatic heterocycles. The van der Waals surface area contributed by atoms with Gasteiger partial charge < -0.3 is 14.6 Å². The number of ether oxygens (including phenoxy) is 2. The molecular weight excluding hydrogens is 957 g/mol. The molecule has 0 spiro atoms. The Labute approximate surface area is 479 Å². The Kier molecular flexibility index (Phi) is 61.1. The van der Waals surface area contributed by atoms with Gasteiger partial charge in [-0.15, -0.1) is 0 Å². The molecule has 0 fully saturated rings. The van der Waals surface area contributed by atoms with Gasteiger partial charge in [-0.25, -0.2) is 0 Å². The van der Waals surface area contributed by atoms with Crippen LogP contribution in [0.15, 0.2) is 207 Å². The van der Waals surface area contributed by atoms with Gasteiger partial charge in [-0.3, -0.25) is 9.59 Å². The largest absolute Gasteiger partial charge is 0.462 e. The van der Waals surface area contributed by atoms with E-state index in [1.165, 1.54) is 25.7 Å². The van der Waals surface area contributed by atoms with Crippen LogP contribution in [0.4, 0.5) is 0 Å². The number of aliphatic hydroxyl groups is 1. The first-order valence-corrected chi connectivity index (χ1v) is 30.6. The predicted octanol–water partition coefficient (Wildman–Crippen LogP) is 21.4. The molecule has 0 aliphatic rings. The van der Waals surface area contributed by atoms with E-state index in [0.717, 1.165) is 167 Å². The Bertz CT molecular complexity index is 1880. The lowest BCUT2D eigenvalue weighted by Gasteiger charge is -2.15. The normalized spacial score (nSPS) is 13.7. The number of unbranched alkanes of at least 4 members (excludes halogenated alkanes) is 11. The summed E-state index contributed by atoms with van der Waals surface area (Å²) in [5, 5.41) is 9.66. The minimum atomic E-state index is -0.808. The molecule has 0 bridgehead atoms. The van der Waals surface area contributed by atoms with Crippen molar-refractivity contribution in [3.8, 4) is 0 Å². The van der Waals surface area contributed by atoms with Gasteiger partial charge in [0.15, 0.2) is 6.10 Å². The van der Waals surface area contributed by atoms with Gasteiger partial charge in [-0.05, 0) is 148 Å². The highest BCUT2D eigenvalue weighted by Crippen LogP contribution is 2.12. The summed E-state index contributed by atoms with van der Waals surface area (Å²) in [6, 6.07) is 0. The van der Waals surface area contributed by atoms with Gasteiger partial charge in [0.05, 0.1) is 6.61 Å². The molecule has 1 N–H and O–H groups in total. The monoisotopic (exact) mass is 1070 g/mol. The highest BCUT2D eigenvalue weighted by atomic mass is 16.6. The third-order valence-corrected chi connectivity index (χ3v) is 12.1. The van der Waals surface area contributed by atoms with Gasteiger partial charge in [0.2, 0.25) is 0 Å². The summed E-state index contributed by atoms with van der Waals surface area (Å²) >= 11 is 0. The van der Waals surface area contributed by atoms with E-state index in [2.05, 4.69) is 220 Å². The number of rotatable bonds is 53. The van der Waals surface area contributed by atoms with E-state index in [-0.39, 0.29) is 25.2 Å². The average molecular weight is 1070 g/mol. The molecule has 0 aromatic carbocycles. The molecular formula is C73H110O5. The molecule has 0 heterocycles. The Morgan fingerprint density at radius 3 is 0.769 bits per heavy atom. The van der Waals surface area contributed by atoms with E-state index in [1.807, 2.05) is 0 Å². The Morgan fingerprint density at radius 2 is 0.513 bits per heavy atom. The lowest BCUT2D eigenvalue weighted by molar-refractivity contribution is -0.161. The minimum Gasteiger partial charge on any atom is -0.462 e. The molecule has 0 amide bonds. The molecule has 0 radical (unpaired) electrons. The van der Waals surface area contributed by atoms with Gasteiger partial charge >= 0.3 is 11.9 Å². The second kappa shape index (κ2) is 65.8. The fraction of sp³-hybridized carbons (Fsp3) is 0.507. The van der Waals surface area contributed by atoms with Crippen molar-refractivity contribution in [1.29, 1.82) is 0 Å². The van der Waals surface area contributed by atoms with Crippen LogP contribution in [0.25, 0.3) is 0 Å². The summed E-state index contributed by atoms with van der Waals surface area (Å²) in [6.07, 6.45) is 107. The lowest BCUT2D eigenvalue weighted by atomic mass is 10.1. The van der Waals surface area contributed by atoms with Crippen molar-refractivity contribution in [2.45, 2.75) is 225 Å². The van der Waals surface area contributed by atoms with Gasteiger partial charge in [-0.1, -0.05) is 265 Å². The van der Waals surface area contributed by atoms with Crippen LogP contribution in [-0.4, -0.2) is 36.4 Å². The standard InChI is InChI=1S/C73H110O5/c1-3-5-7-9-11-13-15-17-19-21-23-25-27-28-29-30-31-32-33-34-35-36-37-38-39-40-41-42-43-44-46-48-50-52-54-56-58-60-62-64-66-68-73(76)78-71(69-74)70-77-72(75)67-65-63-61-59-57-55-53-51-49-47-45-26-24-22-20-18-16-14-12-10-8-6-4-2/h5-8,11-14,17-20,23-26,28-29,31-32,34-35,37-38,40-41,43-44,47-50,54,56,71,74H,3-4,9-10,15-16,21-22,27,30,33,36,39,42,45-46,51-53,55,57-70H2,1-2H3/b7-5-,8-6-,13-11-,14-12-,19-17-,20-18-,25-23-,26-24-,29-28-,32-31-,35-34-,38-37-,41-40-,44-43-,49-47-,50-48-,56-54-. The first-order valence-electron chi connectivity index (χ1n) is 30.6. The quantitative estimate of drug-likeness (QED) is 0.0373. The molecule has 1 unspecified atom stereocenters. The average Bonchev–Trinajstić information content (AvgIpc) is 3.44. The molecule has 5 nitrogen and oxygen atoms in total. The zero-order chi connectivity index (χ0) is 56.2. The fourth-order valence-electron chi connectivity index (χ4n) is 7.56. The van der Waals surface area contributed by atoms with Gasteiger partial charge in [0.1, 0.15) is 6.61 Å². The van der Waals surface area contributed by atoms with Crippen molar-refractivity contribution in [2.24, 2.45) is 0 Å². The minimum absolute atomic E-state index is 0.0966. The third kappa shape index (κ3) is 63.0. The van der Waals surface area contributed by atoms with E-state index in [1.54, 1.807) is 0 Å². The van der Waals surface area contributed by atoms with E-state index >= 15 is 0 Å². The molecule has 0 saturated carbocycles. The van der Waals surface area contributed by atoms with Crippen LogP contribution in [0.1, 0.15) is 219 Å². The van der Waals surface area contributed by atoms with E-state index in [9.17, 15) is 14.7 Å². The number of carbonyl (C=O) groups excluding carboxylic acids is 2. The number of hydrogen-bond donors (Lipinski definition) is 1. The summed E-state index contributed by atoms with van der Waals surface area (Å²) in [4.78, 5) is 24.6. The summed E-state index contributed by atoms with van der Waals surface area (Å²) < 4.78 is 10.7. The molecule has 0 aliphatic carbocycles. The maximum Gasteiger partial charge on any atom is 0.306 e. The fourth-order valence-corrected chi connectivity index (χ4v) is 7.56. The van der Waals surface area contributed by atoms with Crippen LogP contribution in [0.3, 0.4) is 0 Å². The number of esters is 2. The van der Waals surface area contributed by atoms with Crippen LogP contribution in [0.5, 0.6) is 0 Å². The molecule has 0 saturated heterocycles. The Morgan fingerprint density at radius 1 is 0.295 bits per heavy atom. The van der Waals surface area contributed by atoms with Gasteiger partial charge in [-0.2, -0.15) is 0 Å². The van der Waals surface area contributed by atoms with Crippen LogP contribution in [0.2, 0.25) is 0 Å². The number of carbonyl (C=O) groups is 2. The molecule has 0 aromatic heterocycles. The molecule has 1 atom stereocenters. The Balaban J connectivity index is 3.70. The lowest BCUT2D eigenvalue weighted by Crippen LogP contribution is -2.28. The first kappa shape index (κ1) is 72.5. The molecule has 0 rings (SSSR count). The van der Waals surface area contributed by atoms with Crippen molar-refractivity contribution in [2.75, 3.05) is 13.2 Å². The maximum atomic E-state index is 12.3. The van der Waals surface area contributed by atoms with Crippen molar-refractivity contribution in [1.82, 2.24) is 0 Å². The van der Waals surface area contributed by atoms with Gasteiger partial charge in [0.25, 0.3) is 0 Å². The van der Waals surface area contributed by atoms with Crippen LogP contribution in [-0.2, 0) is 19.1 Å². The number of hydrogen-bond acceptors (Lipinski definition) is 5. The van der Waals surface area contributed by atoms with Crippen LogP contribution < -0.4 is 0 Å². The smallest absolute Gasteiger partial charge is 0.306 e. The van der Waals surface area contributed by atoms with Crippen molar-refractivity contribution in [3.05, 3.63) is 207 Å². The predicted molar refractivity (Wildman–Crippen MR) is 342 cm³/mol. The highest BCUT2D eigenvalue weighted by Gasteiger charge is 2.16. The van der Waals surface area contributed by atoms with Crippen molar-refractivity contribution in [3.63, 3.8) is 0 Å². The topological polar surface area (TPSA) is 72.8 Å². The van der Waals surface area contributed by atoms with E-state index < -0.39 is 6.10 Å². The molecule has 0 aromatic rings. The van der Waals surface area contributed by atoms with E-state index in [4.69, 9.17) is 9.47 Å². The van der Waals surface area contributed by atoms with Crippen LogP contribution in [0, 0.1) is 0 Å². The van der Waals surface area contributed by atoms with Gasteiger partial charge in [0, 0.05) is 12.8 Å². The van der Waals surface area contributed by atoms with Crippen molar-refractivity contribution >= 4 is 11.9 Å². The maximum absolute atomic E-state index is 12.3. The second-order valence-corrected chi connectivity index (χ2v) is 19.3. The molecule has 78 heavy (non-hydrogen) atoms. The second-order valence-electron chi connectivity index (χ2n) is 19.3. The third-order valence-electron chi connectivity index (χ3n) is 12.1.